The van der Waals surface area contributed by atoms with Crippen molar-refractivity contribution >= 4 is 27.5 Å². The molecule has 3 nitrogen and oxygen atoms in total. The molecule has 1 atom stereocenters. The number of rotatable bonds is 2. The summed E-state index contributed by atoms with van der Waals surface area (Å²) >= 11 is 3.09. The Hall–Kier alpha value is -0.940. The van der Waals surface area contributed by atoms with Gasteiger partial charge in [0.15, 0.2) is 0 Å². The molecule has 0 spiro atoms. The maximum Gasteiger partial charge on any atom is 0.231 e. The number of piperidine rings is 1. The first-order valence-electron chi connectivity index (χ1n) is 5.98. The Bertz CT molecular complexity index is 458. The summed E-state index contributed by atoms with van der Waals surface area (Å²) in [6.07, 6.45) is 1.84. The molecule has 5 heteroatoms. The lowest BCUT2D eigenvalue weighted by Crippen LogP contribution is -2.46. The molecule has 0 saturated carbocycles. The number of anilines is 1. The van der Waals surface area contributed by atoms with Crippen molar-refractivity contribution < 1.29 is 9.18 Å². The summed E-state index contributed by atoms with van der Waals surface area (Å²) in [6.45, 7) is 3.55. The van der Waals surface area contributed by atoms with Gasteiger partial charge in [0.2, 0.25) is 5.91 Å². The first-order valence-corrected chi connectivity index (χ1v) is 6.78. The van der Waals surface area contributed by atoms with Crippen LogP contribution in [0.2, 0.25) is 0 Å². The van der Waals surface area contributed by atoms with Crippen molar-refractivity contribution in [2.24, 2.45) is 5.41 Å². The van der Waals surface area contributed by atoms with E-state index in [0.29, 0.717) is 16.7 Å². The van der Waals surface area contributed by atoms with Crippen LogP contribution in [0.1, 0.15) is 19.8 Å². The van der Waals surface area contributed by atoms with Crippen LogP contribution >= 0.6 is 15.9 Å². The summed E-state index contributed by atoms with van der Waals surface area (Å²) in [5.41, 5.74) is 0.0782. The molecule has 2 rings (SSSR count). The van der Waals surface area contributed by atoms with Crippen LogP contribution in [0.3, 0.4) is 0 Å². The largest absolute Gasteiger partial charge is 0.325 e. The van der Waals surface area contributed by atoms with Crippen molar-refractivity contribution in [3.63, 3.8) is 0 Å². The van der Waals surface area contributed by atoms with Gasteiger partial charge in [0.25, 0.3) is 0 Å². The molecule has 1 unspecified atom stereocenters. The molecule has 0 aromatic heterocycles. The number of hydrogen-bond donors (Lipinski definition) is 2. The van der Waals surface area contributed by atoms with Gasteiger partial charge in [-0.1, -0.05) is 0 Å². The van der Waals surface area contributed by atoms with Crippen LogP contribution in [0.4, 0.5) is 10.1 Å². The topological polar surface area (TPSA) is 41.1 Å². The third-order valence-electron chi connectivity index (χ3n) is 3.32. The SMILES string of the molecule is CC1(C(=O)Nc2ccc(Br)c(F)c2)CCCNC1. The predicted octanol–water partition coefficient (Wildman–Crippen LogP) is 2.92. The van der Waals surface area contributed by atoms with Crippen molar-refractivity contribution in [1.82, 2.24) is 5.32 Å². The van der Waals surface area contributed by atoms with Crippen molar-refractivity contribution in [2.45, 2.75) is 19.8 Å². The molecule has 2 N–H and O–H groups in total. The molecule has 1 saturated heterocycles. The molecule has 98 valence electrons. The number of benzene rings is 1. The minimum atomic E-state index is -0.415. The lowest BCUT2D eigenvalue weighted by molar-refractivity contribution is -0.125. The zero-order valence-corrected chi connectivity index (χ0v) is 11.8. The minimum absolute atomic E-state index is 0.0589. The highest BCUT2D eigenvalue weighted by Crippen LogP contribution is 2.28. The Labute approximate surface area is 114 Å². The van der Waals surface area contributed by atoms with E-state index in [-0.39, 0.29) is 11.7 Å². The molecule has 0 radical (unpaired) electrons. The fourth-order valence-electron chi connectivity index (χ4n) is 2.11. The number of carbonyl (C=O) groups excluding carboxylic acids is 1. The molecule has 0 bridgehead atoms. The maximum atomic E-state index is 13.4. The summed E-state index contributed by atoms with van der Waals surface area (Å²) in [5.74, 6) is -0.434. The third kappa shape index (κ3) is 2.90. The average Bonchev–Trinajstić information content (AvgIpc) is 2.35. The summed E-state index contributed by atoms with van der Waals surface area (Å²) < 4.78 is 13.8. The molecule has 1 fully saturated rings. The van der Waals surface area contributed by atoms with E-state index in [1.165, 1.54) is 6.07 Å². The van der Waals surface area contributed by atoms with Crippen molar-refractivity contribution in [1.29, 1.82) is 0 Å². The highest BCUT2D eigenvalue weighted by molar-refractivity contribution is 9.10. The molecule has 18 heavy (non-hydrogen) atoms. The van der Waals surface area contributed by atoms with Crippen molar-refractivity contribution in [3.8, 4) is 0 Å². The number of nitrogens with one attached hydrogen (secondary N) is 2. The van der Waals surface area contributed by atoms with E-state index in [0.717, 1.165) is 19.4 Å². The summed E-state index contributed by atoms with van der Waals surface area (Å²) in [7, 11) is 0. The average molecular weight is 315 g/mol. The van der Waals surface area contributed by atoms with Gasteiger partial charge in [0.05, 0.1) is 9.89 Å². The van der Waals surface area contributed by atoms with Gasteiger partial charge in [-0.2, -0.15) is 0 Å². The van der Waals surface area contributed by atoms with Crippen LogP contribution in [0, 0.1) is 11.2 Å². The Morgan fingerprint density at radius 2 is 2.33 bits per heavy atom. The Morgan fingerprint density at radius 1 is 1.56 bits per heavy atom. The number of amides is 1. The molecule has 1 aromatic rings. The second kappa shape index (κ2) is 5.36. The van der Waals surface area contributed by atoms with E-state index in [1.54, 1.807) is 12.1 Å². The minimum Gasteiger partial charge on any atom is -0.325 e. The lowest BCUT2D eigenvalue weighted by atomic mass is 9.82. The lowest BCUT2D eigenvalue weighted by Gasteiger charge is -2.32. The van der Waals surface area contributed by atoms with Gasteiger partial charge in [-0.05, 0) is 60.4 Å². The predicted molar refractivity (Wildman–Crippen MR) is 72.9 cm³/mol. The fourth-order valence-corrected chi connectivity index (χ4v) is 2.35. The van der Waals surface area contributed by atoms with E-state index < -0.39 is 5.41 Å². The molecule has 1 aromatic carbocycles. The Kier molecular flexibility index (Phi) is 4.02. The fraction of sp³-hybridized carbons (Fsp3) is 0.462. The van der Waals surface area contributed by atoms with Gasteiger partial charge in [0.1, 0.15) is 5.82 Å². The normalized spacial score (nSPS) is 23.7. The van der Waals surface area contributed by atoms with Crippen LogP contribution in [0.25, 0.3) is 0 Å². The standard InChI is InChI=1S/C13H16BrFN2O/c1-13(5-2-6-16-8-13)12(18)17-9-3-4-10(14)11(15)7-9/h3-4,7,16H,2,5-6,8H2,1H3,(H,17,18). The molecule has 1 heterocycles. The number of hydrogen-bond acceptors (Lipinski definition) is 2. The second-order valence-electron chi connectivity index (χ2n) is 4.92. The zero-order valence-electron chi connectivity index (χ0n) is 10.2. The van der Waals surface area contributed by atoms with Crippen LogP contribution in [-0.4, -0.2) is 19.0 Å². The molecule has 0 aliphatic carbocycles. The van der Waals surface area contributed by atoms with E-state index in [1.807, 2.05) is 6.92 Å². The van der Waals surface area contributed by atoms with Gasteiger partial charge < -0.3 is 10.6 Å². The molecular weight excluding hydrogens is 299 g/mol. The molecular formula is C13H16BrFN2O. The van der Waals surface area contributed by atoms with E-state index in [9.17, 15) is 9.18 Å². The van der Waals surface area contributed by atoms with Gasteiger partial charge in [0, 0.05) is 12.2 Å². The quantitative estimate of drug-likeness (QED) is 0.881. The van der Waals surface area contributed by atoms with E-state index in [4.69, 9.17) is 0 Å². The van der Waals surface area contributed by atoms with Gasteiger partial charge in [-0.25, -0.2) is 4.39 Å². The van der Waals surface area contributed by atoms with Crippen molar-refractivity contribution in [3.05, 3.63) is 28.5 Å². The number of carbonyl (C=O) groups is 1. The summed E-state index contributed by atoms with van der Waals surface area (Å²) in [4.78, 5) is 12.2. The summed E-state index contributed by atoms with van der Waals surface area (Å²) in [5, 5.41) is 6.00. The number of halogens is 2. The first-order chi connectivity index (χ1) is 8.51. The third-order valence-corrected chi connectivity index (χ3v) is 3.97. The highest BCUT2D eigenvalue weighted by atomic mass is 79.9. The smallest absolute Gasteiger partial charge is 0.231 e. The Morgan fingerprint density at radius 3 is 2.94 bits per heavy atom. The van der Waals surface area contributed by atoms with Crippen molar-refractivity contribution in [2.75, 3.05) is 18.4 Å². The van der Waals surface area contributed by atoms with Crippen LogP contribution < -0.4 is 10.6 Å². The van der Waals surface area contributed by atoms with Crippen LogP contribution in [-0.2, 0) is 4.79 Å². The molecule has 1 aliphatic rings. The highest BCUT2D eigenvalue weighted by Gasteiger charge is 2.34. The zero-order chi connectivity index (χ0) is 13.2. The molecule has 1 amide bonds. The van der Waals surface area contributed by atoms with E-state index >= 15 is 0 Å². The second-order valence-corrected chi connectivity index (χ2v) is 5.78. The first kappa shape index (κ1) is 13.5. The van der Waals surface area contributed by atoms with Gasteiger partial charge in [-0.15, -0.1) is 0 Å². The van der Waals surface area contributed by atoms with Crippen LogP contribution in [0.15, 0.2) is 22.7 Å². The maximum absolute atomic E-state index is 13.4. The molecule has 1 aliphatic heterocycles. The monoisotopic (exact) mass is 314 g/mol. The summed E-state index contributed by atoms with van der Waals surface area (Å²) in [6, 6.07) is 4.60. The van der Waals surface area contributed by atoms with E-state index in [2.05, 4.69) is 26.6 Å². The van der Waals surface area contributed by atoms with Gasteiger partial charge >= 0.3 is 0 Å². The van der Waals surface area contributed by atoms with Crippen LogP contribution in [0.5, 0.6) is 0 Å². The Balaban J connectivity index is 2.08. The van der Waals surface area contributed by atoms with Gasteiger partial charge in [-0.3, -0.25) is 4.79 Å².